The van der Waals surface area contributed by atoms with Crippen molar-refractivity contribution < 1.29 is 41.8 Å². The molecule has 2 aromatic heterocycles. The van der Waals surface area contributed by atoms with Crippen LogP contribution in [0.5, 0.6) is 6.01 Å². The van der Waals surface area contributed by atoms with E-state index < -0.39 is 53.9 Å². The van der Waals surface area contributed by atoms with Gasteiger partial charge in [-0.2, -0.15) is 28.1 Å². The number of nitrogens with zero attached hydrogens (tertiary/aromatic N) is 5. The summed E-state index contributed by atoms with van der Waals surface area (Å²) >= 11 is 6.04. The first kappa shape index (κ1) is 39.9. The summed E-state index contributed by atoms with van der Waals surface area (Å²) in [6.45, 7) is -0.962. The molecule has 0 bridgehead atoms. The first-order valence-electron chi connectivity index (χ1n) is 17.8. The number of imidazole rings is 1. The van der Waals surface area contributed by atoms with Gasteiger partial charge in [-0.3, -0.25) is 14.4 Å². The zero-order chi connectivity index (χ0) is 39.9. The molecule has 2 amide bonds. The Hall–Kier alpha value is -5.78. The summed E-state index contributed by atoms with van der Waals surface area (Å²) in [6, 6.07) is 11.3. The first-order valence-corrected chi connectivity index (χ1v) is 18.1. The first-order chi connectivity index (χ1) is 26.7. The zero-order valence-corrected chi connectivity index (χ0v) is 31.0. The van der Waals surface area contributed by atoms with Gasteiger partial charge in [-0.15, -0.1) is 0 Å². The van der Waals surface area contributed by atoms with E-state index in [9.17, 15) is 32.3 Å². The number of hydrogen-bond acceptors (Lipinski definition) is 12. The number of carbonyl (C=O) groups excluding carboxylic acids is 4. The highest BCUT2D eigenvalue weighted by Gasteiger charge is 2.45. The summed E-state index contributed by atoms with van der Waals surface area (Å²) in [7, 11) is 1.16. The Morgan fingerprint density at radius 1 is 0.964 bits per heavy atom. The second-order valence-corrected chi connectivity index (χ2v) is 14.3. The van der Waals surface area contributed by atoms with Crippen molar-refractivity contribution in [1.29, 1.82) is 0 Å². The quantitative estimate of drug-likeness (QED) is 0.0725. The highest BCUT2D eigenvalue weighted by atomic mass is 35.5. The van der Waals surface area contributed by atoms with Crippen LogP contribution in [0, 0.1) is 5.41 Å². The van der Waals surface area contributed by atoms with Crippen LogP contribution in [-0.2, 0) is 31.2 Å². The van der Waals surface area contributed by atoms with Gasteiger partial charge in [0.1, 0.15) is 6.04 Å². The van der Waals surface area contributed by atoms with Gasteiger partial charge in [-0.25, -0.2) is 9.78 Å². The number of anilines is 3. The van der Waals surface area contributed by atoms with Gasteiger partial charge in [-0.1, -0.05) is 23.7 Å². The number of amides is 2. The van der Waals surface area contributed by atoms with E-state index >= 15 is 0 Å². The third kappa shape index (κ3) is 10.9. The van der Waals surface area contributed by atoms with Crippen molar-refractivity contribution in [3.05, 3.63) is 83.4 Å². The van der Waals surface area contributed by atoms with Crippen molar-refractivity contribution in [3.8, 4) is 6.01 Å². The number of aromatic nitrogens is 5. The fourth-order valence-corrected chi connectivity index (χ4v) is 6.22. The van der Waals surface area contributed by atoms with Gasteiger partial charge in [0, 0.05) is 48.2 Å². The van der Waals surface area contributed by atoms with E-state index in [0.717, 1.165) is 32.1 Å². The number of hydrogen-bond donors (Lipinski definition) is 4. The predicted molar refractivity (Wildman–Crippen MR) is 196 cm³/mol. The van der Waals surface area contributed by atoms with Gasteiger partial charge in [-0.05, 0) is 85.9 Å². The molecule has 19 heteroatoms. The fourth-order valence-electron chi connectivity index (χ4n) is 6.09. The summed E-state index contributed by atoms with van der Waals surface area (Å²) in [4.78, 5) is 67.1. The Kier molecular flexibility index (Phi) is 12.1. The van der Waals surface area contributed by atoms with E-state index in [0.29, 0.717) is 30.0 Å². The van der Waals surface area contributed by atoms with E-state index in [1.807, 2.05) is 22.9 Å². The monoisotopic (exact) mass is 797 g/mol. The second-order valence-electron chi connectivity index (χ2n) is 13.8. The van der Waals surface area contributed by atoms with Crippen molar-refractivity contribution in [2.24, 2.45) is 5.41 Å². The largest absolute Gasteiger partial charge is 0.467 e. The molecular weight excluding hydrogens is 759 g/mol. The highest BCUT2D eigenvalue weighted by molar-refractivity contribution is 6.36. The molecule has 0 radical (unpaired) electrons. The topological polar surface area (TPSA) is 191 Å². The van der Waals surface area contributed by atoms with Crippen LogP contribution in [0.2, 0.25) is 5.02 Å². The molecule has 0 saturated heterocycles. The van der Waals surface area contributed by atoms with Crippen LogP contribution in [0.3, 0.4) is 0 Å². The molecule has 56 heavy (non-hydrogen) atoms. The number of methoxy groups -OCH3 is 1. The number of nitrogens with one attached hydrogen (secondary N) is 4. The molecule has 2 aliphatic rings. The Labute approximate surface area is 324 Å². The lowest BCUT2D eigenvalue weighted by Crippen LogP contribution is -2.44. The Bertz CT molecular complexity index is 2020. The lowest BCUT2D eigenvalue weighted by molar-refractivity contribution is -0.154. The normalized spacial score (nSPS) is 15.5. The van der Waals surface area contributed by atoms with Gasteiger partial charge < -0.3 is 35.3 Å². The van der Waals surface area contributed by atoms with Crippen LogP contribution < -0.4 is 26.0 Å². The third-order valence-corrected chi connectivity index (χ3v) is 9.81. The Morgan fingerprint density at radius 3 is 2.30 bits per heavy atom. The maximum Gasteiger partial charge on any atom is 0.422 e. The Morgan fingerprint density at radius 2 is 1.68 bits per heavy atom. The number of ketones is 1. The number of carbonyl (C=O) groups is 4. The molecule has 2 saturated carbocycles. The van der Waals surface area contributed by atoms with E-state index in [4.69, 9.17) is 21.1 Å². The minimum absolute atomic E-state index is 0.0183. The summed E-state index contributed by atoms with van der Waals surface area (Å²) in [5, 5.41) is 11.7. The van der Waals surface area contributed by atoms with Crippen LogP contribution in [0.25, 0.3) is 0 Å². The van der Waals surface area contributed by atoms with E-state index in [-0.39, 0.29) is 42.3 Å². The average Bonchev–Trinajstić information content (AvgIpc) is 4.07. The molecule has 296 valence electrons. The van der Waals surface area contributed by atoms with Crippen LogP contribution >= 0.6 is 11.6 Å². The zero-order valence-electron chi connectivity index (χ0n) is 30.2. The van der Waals surface area contributed by atoms with Crippen molar-refractivity contribution >= 4 is 52.8 Å². The molecule has 2 fully saturated rings. The number of esters is 1. The lowest BCUT2D eigenvalue weighted by atomic mass is 9.98. The molecule has 2 heterocycles. The Balaban J connectivity index is 1.03. The van der Waals surface area contributed by atoms with Gasteiger partial charge >= 0.3 is 18.2 Å². The standard InChI is InChI=1S/C37H39ClF3N9O6/c1-55-31(54)27(11-17-43-30(53)28(51)10-12-35(13-14-35)20-50-19-18-42-22-50)45-29(52)23-2-8-26(9-3-23)44-32-46-33(48-34(47-32)56-21-37(39,40)41)49-36(15-16-36)24-4-6-25(38)7-5-24/h2-9,18-19,22,27H,10-17,20-21H2,1H3,(H,43,53)(H,45,52)(H2,44,46,47,48,49)/t27-/m1/s1. The SMILES string of the molecule is COC(=O)[C@@H](CCNC(=O)C(=O)CCC1(Cn2ccnc2)CC1)NC(=O)c1ccc(Nc2nc(NC3(c4ccc(Cl)cc4)CC3)nc(OCC(F)(F)F)n2)cc1. The number of halogens is 4. The number of Topliss-reactive ketones (excluding diaryl/α,β-unsaturated/α-hetero) is 1. The van der Waals surface area contributed by atoms with Gasteiger partial charge in [0.2, 0.25) is 17.7 Å². The van der Waals surface area contributed by atoms with Crippen LogP contribution in [-0.4, -0.2) is 80.5 Å². The lowest BCUT2D eigenvalue weighted by Gasteiger charge is -2.19. The molecule has 4 aromatic rings. The molecular formula is C37H39ClF3N9O6. The molecule has 6 rings (SSSR count). The van der Waals surface area contributed by atoms with E-state index in [1.165, 1.54) is 24.3 Å². The number of alkyl halides is 3. The van der Waals surface area contributed by atoms with Crippen LogP contribution in [0.1, 0.15) is 60.9 Å². The molecule has 1 atom stereocenters. The molecule has 2 aromatic carbocycles. The molecule has 15 nitrogen and oxygen atoms in total. The summed E-state index contributed by atoms with van der Waals surface area (Å²) in [6.07, 6.45) is 4.62. The molecule has 0 unspecified atom stereocenters. The van der Waals surface area contributed by atoms with Gasteiger partial charge in [0.25, 0.3) is 11.8 Å². The van der Waals surface area contributed by atoms with E-state index in [2.05, 4.69) is 41.2 Å². The van der Waals surface area contributed by atoms with Crippen LogP contribution in [0.15, 0.2) is 67.3 Å². The molecule has 2 aliphatic carbocycles. The minimum atomic E-state index is -4.63. The number of ether oxygens (including phenoxy) is 2. The predicted octanol–water partition coefficient (Wildman–Crippen LogP) is 5.11. The van der Waals surface area contributed by atoms with Gasteiger partial charge in [0.15, 0.2) is 6.61 Å². The van der Waals surface area contributed by atoms with Crippen molar-refractivity contribution in [2.45, 2.75) is 69.2 Å². The smallest absolute Gasteiger partial charge is 0.422 e. The average molecular weight is 798 g/mol. The molecule has 0 spiro atoms. The number of benzene rings is 2. The summed E-state index contributed by atoms with van der Waals surface area (Å²) in [5.74, 6) is -2.86. The van der Waals surface area contributed by atoms with Crippen LogP contribution in [0.4, 0.5) is 30.8 Å². The second kappa shape index (κ2) is 16.9. The molecule has 0 aliphatic heterocycles. The summed E-state index contributed by atoms with van der Waals surface area (Å²) < 4.78 is 50.5. The van der Waals surface area contributed by atoms with Crippen molar-refractivity contribution in [2.75, 3.05) is 30.9 Å². The maximum absolute atomic E-state index is 13.1. The maximum atomic E-state index is 13.1. The molecule has 4 N–H and O–H groups in total. The fraction of sp³-hybridized carbons (Fsp3) is 0.405. The number of rotatable bonds is 19. The third-order valence-electron chi connectivity index (χ3n) is 9.56. The van der Waals surface area contributed by atoms with Crippen molar-refractivity contribution in [3.63, 3.8) is 0 Å². The van der Waals surface area contributed by atoms with E-state index in [1.54, 1.807) is 24.7 Å². The highest BCUT2D eigenvalue weighted by Crippen LogP contribution is 2.51. The summed E-state index contributed by atoms with van der Waals surface area (Å²) in [5.41, 5.74) is 0.846. The van der Waals surface area contributed by atoms with Crippen molar-refractivity contribution in [1.82, 2.24) is 35.1 Å². The van der Waals surface area contributed by atoms with Gasteiger partial charge in [0.05, 0.1) is 19.0 Å². The minimum Gasteiger partial charge on any atom is -0.467 e.